The van der Waals surface area contributed by atoms with Gasteiger partial charge in [-0.05, 0) is 31.7 Å². The molecule has 0 radical (unpaired) electrons. The molecule has 3 N–H and O–H groups in total. The van der Waals surface area contributed by atoms with Gasteiger partial charge in [0.2, 0.25) is 5.91 Å². The number of alkyl halides is 6. The largest absolute Gasteiger partial charge is 0.490 e. The molecule has 272 valence electrons. The lowest BCUT2D eigenvalue weighted by Crippen LogP contribution is -2.48. The lowest BCUT2D eigenvalue weighted by atomic mass is 9.84. The first-order valence-electron chi connectivity index (χ1n) is 15.7. The molecule has 1 aliphatic carbocycles. The Labute approximate surface area is 284 Å². The molecule has 2 fully saturated rings. The summed E-state index contributed by atoms with van der Waals surface area (Å²) in [5, 5.41) is 18.5. The molecule has 16 heteroatoms. The van der Waals surface area contributed by atoms with E-state index in [4.69, 9.17) is 24.8 Å². The number of aliphatic carboxylic acids is 2. The van der Waals surface area contributed by atoms with E-state index in [0.717, 1.165) is 34.3 Å². The van der Waals surface area contributed by atoms with Crippen LogP contribution in [-0.4, -0.2) is 93.8 Å². The maximum atomic E-state index is 14.0. The second kappa shape index (κ2) is 17.3. The molecule has 50 heavy (non-hydrogen) atoms. The van der Waals surface area contributed by atoms with Crippen LogP contribution in [0.15, 0.2) is 54.6 Å². The van der Waals surface area contributed by atoms with Crippen LogP contribution in [0.4, 0.5) is 26.3 Å². The number of rotatable bonds is 6. The number of pyridine rings is 1. The summed E-state index contributed by atoms with van der Waals surface area (Å²) < 4.78 is 63.5. The molecule has 1 aromatic heterocycles. The fourth-order valence-electron chi connectivity index (χ4n) is 5.70. The standard InChI is InChI=1S/C30H36N4O2.2C2HF3O2/c1-21(22-11-5-3-6-12-22)31-30(36)28-24-15-9-10-16-26(24)32-29(23-13-7-4-8-14-23)25(28)19-34-18-17-33(2)27(35)20-34;2*3-2(4,5)1(6)7/h4,7-10,13-16,21-22H,3,5-6,11-12,17-20H2,1-2H3,(H,31,36);2*(H,6,7)/t21-;;/m0../s1. The van der Waals surface area contributed by atoms with Gasteiger partial charge >= 0.3 is 24.3 Å². The zero-order chi connectivity index (χ0) is 37.2. The number of nitrogens with one attached hydrogen (secondary N) is 1. The van der Waals surface area contributed by atoms with E-state index in [0.29, 0.717) is 31.1 Å². The molecule has 1 saturated heterocycles. The number of carbonyl (C=O) groups is 4. The number of carboxylic acids is 2. The Kier molecular flexibility index (Phi) is 13.7. The molecule has 2 aliphatic rings. The van der Waals surface area contributed by atoms with E-state index < -0.39 is 24.3 Å². The first-order valence-corrected chi connectivity index (χ1v) is 15.7. The van der Waals surface area contributed by atoms with Gasteiger partial charge in [0.1, 0.15) is 0 Å². The molecule has 0 spiro atoms. The van der Waals surface area contributed by atoms with Crippen LogP contribution >= 0.6 is 0 Å². The molecule has 0 bridgehead atoms. The van der Waals surface area contributed by atoms with Crippen molar-refractivity contribution in [2.75, 3.05) is 26.7 Å². The third kappa shape index (κ3) is 11.1. The number of hydrogen-bond donors (Lipinski definition) is 3. The normalized spacial score (nSPS) is 16.4. The Balaban J connectivity index is 0.000000408. The van der Waals surface area contributed by atoms with Crippen LogP contribution in [0, 0.1) is 5.92 Å². The van der Waals surface area contributed by atoms with Crippen molar-refractivity contribution >= 4 is 34.7 Å². The number of halogens is 6. The number of hydrogen-bond acceptors (Lipinski definition) is 6. The molecule has 1 atom stereocenters. The van der Waals surface area contributed by atoms with E-state index >= 15 is 0 Å². The Morgan fingerprint density at radius 1 is 0.880 bits per heavy atom. The van der Waals surface area contributed by atoms with Crippen molar-refractivity contribution in [3.63, 3.8) is 0 Å². The molecule has 10 nitrogen and oxygen atoms in total. The molecule has 1 aliphatic heterocycles. The monoisotopic (exact) mass is 712 g/mol. The molecule has 0 unspecified atom stereocenters. The van der Waals surface area contributed by atoms with E-state index in [1.54, 1.807) is 4.90 Å². The number of amides is 2. The third-order valence-electron chi connectivity index (χ3n) is 8.39. The average molecular weight is 713 g/mol. The summed E-state index contributed by atoms with van der Waals surface area (Å²) in [5.41, 5.74) is 4.19. The van der Waals surface area contributed by atoms with Crippen LogP contribution in [0.3, 0.4) is 0 Å². The summed E-state index contributed by atoms with van der Waals surface area (Å²) in [4.78, 5) is 53.3. The number of piperazine rings is 1. The quantitative estimate of drug-likeness (QED) is 0.259. The second-order valence-corrected chi connectivity index (χ2v) is 12.0. The van der Waals surface area contributed by atoms with Crippen LogP contribution in [0.1, 0.15) is 54.9 Å². The molecule has 3 aromatic rings. The van der Waals surface area contributed by atoms with Gasteiger partial charge in [-0.25, -0.2) is 14.6 Å². The summed E-state index contributed by atoms with van der Waals surface area (Å²) in [7, 11) is 1.85. The van der Waals surface area contributed by atoms with Gasteiger partial charge in [-0.2, -0.15) is 26.3 Å². The van der Waals surface area contributed by atoms with Crippen LogP contribution in [0.5, 0.6) is 0 Å². The van der Waals surface area contributed by atoms with Gasteiger partial charge in [-0.3, -0.25) is 14.5 Å². The van der Waals surface area contributed by atoms with Gasteiger partial charge in [0.15, 0.2) is 0 Å². The molecule has 2 aromatic carbocycles. The van der Waals surface area contributed by atoms with E-state index in [2.05, 4.69) is 17.1 Å². The molecule has 5 rings (SSSR count). The van der Waals surface area contributed by atoms with Crippen molar-refractivity contribution in [3.8, 4) is 11.3 Å². The summed E-state index contributed by atoms with van der Waals surface area (Å²) >= 11 is 0. The number of para-hydroxylation sites is 1. The third-order valence-corrected chi connectivity index (χ3v) is 8.39. The van der Waals surface area contributed by atoms with Crippen molar-refractivity contribution in [2.24, 2.45) is 5.92 Å². The Morgan fingerprint density at radius 3 is 1.96 bits per heavy atom. The molecular formula is C34H38F6N4O6. The molecule has 2 amide bonds. The van der Waals surface area contributed by atoms with Crippen LogP contribution < -0.4 is 5.32 Å². The lowest BCUT2D eigenvalue weighted by Gasteiger charge is -2.33. The first kappa shape index (κ1) is 39.7. The van der Waals surface area contributed by atoms with Gasteiger partial charge in [0.05, 0.1) is 23.3 Å². The molecule has 2 heterocycles. The molecule has 1 saturated carbocycles. The summed E-state index contributed by atoms with van der Waals surface area (Å²) in [5.74, 6) is -4.93. The Morgan fingerprint density at radius 2 is 1.42 bits per heavy atom. The second-order valence-electron chi connectivity index (χ2n) is 12.0. The molecular weight excluding hydrogens is 674 g/mol. The smallest absolute Gasteiger partial charge is 0.475 e. The number of nitrogens with zero attached hydrogens (tertiary/aromatic N) is 3. The number of likely N-dealkylation sites (N-methyl/N-ethyl adjacent to an activating group) is 1. The highest BCUT2D eigenvalue weighted by atomic mass is 19.4. The van der Waals surface area contributed by atoms with Crippen molar-refractivity contribution in [1.29, 1.82) is 0 Å². The van der Waals surface area contributed by atoms with Gasteiger partial charge in [-0.15, -0.1) is 0 Å². The Hall–Kier alpha value is -4.73. The maximum Gasteiger partial charge on any atom is 0.490 e. The van der Waals surface area contributed by atoms with Crippen LogP contribution in [-0.2, 0) is 20.9 Å². The predicted octanol–water partition coefficient (Wildman–Crippen LogP) is 6.14. The van der Waals surface area contributed by atoms with E-state index in [1.165, 1.54) is 32.1 Å². The number of carboxylic acid groups (broad SMARTS) is 2. The van der Waals surface area contributed by atoms with Crippen LogP contribution in [0.25, 0.3) is 22.2 Å². The lowest BCUT2D eigenvalue weighted by molar-refractivity contribution is -0.193. The van der Waals surface area contributed by atoms with Gasteiger partial charge in [0.25, 0.3) is 5.91 Å². The predicted molar refractivity (Wildman–Crippen MR) is 171 cm³/mol. The van der Waals surface area contributed by atoms with Gasteiger partial charge < -0.3 is 20.4 Å². The zero-order valence-corrected chi connectivity index (χ0v) is 27.4. The highest BCUT2D eigenvalue weighted by molar-refractivity contribution is 6.09. The topological polar surface area (TPSA) is 140 Å². The summed E-state index contributed by atoms with van der Waals surface area (Å²) in [6.07, 6.45) is -4.05. The average Bonchev–Trinajstić information content (AvgIpc) is 3.06. The van der Waals surface area contributed by atoms with E-state index in [-0.39, 0.29) is 17.9 Å². The van der Waals surface area contributed by atoms with Crippen LogP contribution in [0.2, 0.25) is 0 Å². The van der Waals surface area contributed by atoms with E-state index in [9.17, 15) is 35.9 Å². The van der Waals surface area contributed by atoms with Crippen molar-refractivity contribution < 1.29 is 55.7 Å². The number of benzene rings is 2. The fourth-order valence-corrected chi connectivity index (χ4v) is 5.70. The van der Waals surface area contributed by atoms with Crippen molar-refractivity contribution in [2.45, 2.75) is 64.0 Å². The zero-order valence-electron chi connectivity index (χ0n) is 27.4. The number of aromatic nitrogens is 1. The fraction of sp³-hybridized carbons (Fsp3) is 0.441. The minimum Gasteiger partial charge on any atom is -0.475 e. The van der Waals surface area contributed by atoms with Gasteiger partial charge in [-0.1, -0.05) is 67.8 Å². The van der Waals surface area contributed by atoms with Crippen molar-refractivity contribution in [1.82, 2.24) is 20.1 Å². The minimum absolute atomic E-state index is 0.0423. The van der Waals surface area contributed by atoms with Crippen molar-refractivity contribution in [3.05, 3.63) is 65.7 Å². The minimum atomic E-state index is -5.08. The van der Waals surface area contributed by atoms with E-state index in [1.807, 2.05) is 61.6 Å². The SMILES string of the molecule is C[C@H](NC(=O)c1c(CN2CCN(C)C(=O)C2)c(-c2ccccc2)nc2ccccc12)C1CCCCC1.O=C(O)C(F)(F)F.O=C(O)C(F)(F)F. The number of carbonyl (C=O) groups excluding carboxylic acids is 2. The highest BCUT2D eigenvalue weighted by Gasteiger charge is 2.39. The summed E-state index contributed by atoms with van der Waals surface area (Å²) in [6.45, 7) is 4.44. The highest BCUT2D eigenvalue weighted by Crippen LogP contribution is 2.33. The first-order chi connectivity index (χ1) is 23.4. The van der Waals surface area contributed by atoms with Gasteiger partial charge in [0, 0.05) is 49.2 Å². The maximum absolute atomic E-state index is 14.0. The Bertz CT molecular complexity index is 1620. The number of fused-ring (bicyclic) bond motifs is 1. The summed E-state index contributed by atoms with van der Waals surface area (Å²) in [6, 6.07) is 18.1.